The summed E-state index contributed by atoms with van der Waals surface area (Å²) in [6, 6.07) is -1.08. The quantitative estimate of drug-likeness (QED) is 0.503. The minimum Gasteiger partial charge on any atom is -0.465 e. The molecule has 0 aliphatic rings. The van der Waals surface area contributed by atoms with Gasteiger partial charge in [-0.1, -0.05) is 27.7 Å². The number of carbonyl (C=O) groups is 2. The molecule has 0 bridgehead atoms. The first-order chi connectivity index (χ1) is 8.36. The van der Waals surface area contributed by atoms with Crippen molar-refractivity contribution < 1.29 is 24.3 Å². The lowest BCUT2D eigenvalue weighted by Gasteiger charge is -2.15. The fourth-order valence-corrected chi connectivity index (χ4v) is 1.02. The first kappa shape index (κ1) is 16.9. The van der Waals surface area contributed by atoms with E-state index in [0.717, 1.165) is 0 Å². The average Bonchev–Trinajstić information content (AvgIpc) is 2.30. The normalized spacial score (nSPS) is 12.6. The molecule has 0 fully saturated rings. The van der Waals surface area contributed by atoms with E-state index in [2.05, 4.69) is 0 Å². The smallest absolute Gasteiger partial charge is 0.326 e. The predicted octanol–water partition coefficient (Wildman–Crippen LogP) is 1.12. The zero-order chi connectivity index (χ0) is 14.1. The van der Waals surface area contributed by atoms with Crippen LogP contribution < -0.4 is 5.48 Å². The molecule has 1 atom stereocenters. The number of esters is 2. The molecule has 0 aliphatic carbocycles. The summed E-state index contributed by atoms with van der Waals surface area (Å²) < 4.78 is 9.83. The maximum atomic E-state index is 11.5. The molecule has 0 amide bonds. The van der Waals surface area contributed by atoms with Crippen LogP contribution in [0.2, 0.25) is 0 Å². The van der Waals surface area contributed by atoms with Crippen LogP contribution in [0.3, 0.4) is 0 Å². The summed E-state index contributed by atoms with van der Waals surface area (Å²) >= 11 is 0. The van der Waals surface area contributed by atoms with Gasteiger partial charge in [0.25, 0.3) is 0 Å². The number of hydroxylamine groups is 1. The number of hydrogen-bond acceptors (Lipinski definition) is 6. The van der Waals surface area contributed by atoms with Gasteiger partial charge in [0.05, 0.1) is 19.6 Å². The topological polar surface area (TPSA) is 84.9 Å². The van der Waals surface area contributed by atoms with Gasteiger partial charge in [-0.3, -0.25) is 9.59 Å². The van der Waals surface area contributed by atoms with Crippen LogP contribution in [-0.4, -0.2) is 36.4 Å². The second-order valence-corrected chi connectivity index (χ2v) is 4.99. The van der Waals surface area contributed by atoms with Crippen LogP contribution in [-0.2, 0) is 19.1 Å². The van der Waals surface area contributed by atoms with Crippen molar-refractivity contribution in [3.63, 3.8) is 0 Å². The van der Waals surface area contributed by atoms with E-state index in [-0.39, 0.29) is 31.5 Å². The van der Waals surface area contributed by atoms with Crippen LogP contribution in [0.5, 0.6) is 0 Å². The van der Waals surface area contributed by atoms with Gasteiger partial charge in [-0.25, -0.2) is 0 Å². The Kier molecular flexibility index (Phi) is 8.32. The summed E-state index contributed by atoms with van der Waals surface area (Å²) in [7, 11) is 0. The lowest BCUT2D eigenvalue weighted by atomic mass is 10.2. The van der Waals surface area contributed by atoms with Gasteiger partial charge in [0.1, 0.15) is 6.04 Å². The van der Waals surface area contributed by atoms with Crippen LogP contribution in [0.1, 0.15) is 34.1 Å². The van der Waals surface area contributed by atoms with E-state index in [1.165, 1.54) is 0 Å². The van der Waals surface area contributed by atoms with Gasteiger partial charge >= 0.3 is 11.9 Å². The van der Waals surface area contributed by atoms with Crippen LogP contribution >= 0.6 is 0 Å². The molecule has 0 spiro atoms. The number of rotatable bonds is 8. The second kappa shape index (κ2) is 8.88. The van der Waals surface area contributed by atoms with Crippen molar-refractivity contribution >= 4 is 11.9 Å². The molecule has 1 unspecified atom stereocenters. The van der Waals surface area contributed by atoms with Gasteiger partial charge in [-0.2, -0.15) is 5.48 Å². The summed E-state index contributed by atoms with van der Waals surface area (Å²) in [4.78, 5) is 22.9. The summed E-state index contributed by atoms with van der Waals surface area (Å²) in [5, 5.41) is 8.83. The van der Waals surface area contributed by atoms with E-state index in [1.807, 2.05) is 27.7 Å². The molecule has 0 saturated heterocycles. The van der Waals surface area contributed by atoms with Gasteiger partial charge in [-0.05, 0) is 11.8 Å². The van der Waals surface area contributed by atoms with Crippen molar-refractivity contribution in [2.24, 2.45) is 11.8 Å². The van der Waals surface area contributed by atoms with E-state index >= 15 is 0 Å². The Bertz CT molecular complexity index is 265. The maximum Gasteiger partial charge on any atom is 0.326 e. The van der Waals surface area contributed by atoms with Crippen molar-refractivity contribution in [3.8, 4) is 0 Å². The number of hydrogen-bond donors (Lipinski definition) is 2. The minimum atomic E-state index is -1.08. The molecule has 0 radical (unpaired) electrons. The summed E-state index contributed by atoms with van der Waals surface area (Å²) in [5.41, 5.74) is 1.77. The van der Waals surface area contributed by atoms with Crippen molar-refractivity contribution in [3.05, 3.63) is 0 Å². The summed E-state index contributed by atoms with van der Waals surface area (Å²) in [5.74, 6) is -0.784. The molecule has 6 nitrogen and oxygen atoms in total. The largest absolute Gasteiger partial charge is 0.465 e. The maximum absolute atomic E-state index is 11.5. The lowest BCUT2D eigenvalue weighted by molar-refractivity contribution is -0.156. The Labute approximate surface area is 108 Å². The minimum absolute atomic E-state index is 0.196. The van der Waals surface area contributed by atoms with E-state index in [4.69, 9.17) is 14.7 Å². The SMILES string of the molecule is CC(C)COC(=O)CC(NO)C(=O)OCC(C)C. The van der Waals surface area contributed by atoms with Gasteiger partial charge in [-0.15, -0.1) is 0 Å². The molecule has 0 rings (SSSR count). The Hall–Kier alpha value is -1.14. The van der Waals surface area contributed by atoms with Crippen LogP contribution in [0, 0.1) is 11.8 Å². The van der Waals surface area contributed by atoms with Gasteiger partial charge in [0.15, 0.2) is 0 Å². The number of carbonyl (C=O) groups excluding carboxylic acids is 2. The lowest BCUT2D eigenvalue weighted by Crippen LogP contribution is -2.38. The Morgan fingerprint density at radius 1 is 1.06 bits per heavy atom. The molecule has 0 saturated carbocycles. The average molecular weight is 261 g/mol. The Balaban J connectivity index is 4.08. The molecule has 0 aromatic rings. The fourth-order valence-electron chi connectivity index (χ4n) is 1.02. The van der Waals surface area contributed by atoms with Crippen molar-refractivity contribution in [2.45, 2.75) is 40.2 Å². The molecular weight excluding hydrogens is 238 g/mol. The fraction of sp³-hybridized carbons (Fsp3) is 0.833. The van der Waals surface area contributed by atoms with Gasteiger partial charge in [0, 0.05) is 0 Å². The third-order valence-electron chi connectivity index (χ3n) is 1.95. The van der Waals surface area contributed by atoms with Crippen LogP contribution in [0.25, 0.3) is 0 Å². The zero-order valence-corrected chi connectivity index (χ0v) is 11.4. The van der Waals surface area contributed by atoms with Gasteiger partial charge < -0.3 is 14.7 Å². The highest BCUT2D eigenvalue weighted by molar-refractivity contribution is 5.82. The van der Waals surface area contributed by atoms with E-state index in [0.29, 0.717) is 0 Å². The van der Waals surface area contributed by atoms with E-state index < -0.39 is 18.0 Å². The van der Waals surface area contributed by atoms with Crippen molar-refractivity contribution in [1.82, 2.24) is 5.48 Å². The van der Waals surface area contributed by atoms with E-state index in [1.54, 1.807) is 5.48 Å². The highest BCUT2D eigenvalue weighted by Gasteiger charge is 2.23. The van der Waals surface area contributed by atoms with Crippen LogP contribution in [0.4, 0.5) is 0 Å². The highest BCUT2D eigenvalue weighted by atomic mass is 16.5. The van der Waals surface area contributed by atoms with Crippen LogP contribution in [0.15, 0.2) is 0 Å². The first-order valence-electron chi connectivity index (χ1n) is 6.08. The molecule has 6 heteroatoms. The molecule has 0 heterocycles. The zero-order valence-electron chi connectivity index (χ0n) is 11.4. The third kappa shape index (κ3) is 8.03. The molecule has 0 aromatic carbocycles. The molecular formula is C12H23NO5. The molecule has 0 aliphatic heterocycles. The van der Waals surface area contributed by atoms with E-state index in [9.17, 15) is 9.59 Å². The Morgan fingerprint density at radius 3 is 2.00 bits per heavy atom. The van der Waals surface area contributed by atoms with Crippen molar-refractivity contribution in [1.29, 1.82) is 0 Å². The number of ether oxygens (including phenoxy) is 2. The molecule has 0 aromatic heterocycles. The molecule has 18 heavy (non-hydrogen) atoms. The highest BCUT2D eigenvalue weighted by Crippen LogP contribution is 2.02. The second-order valence-electron chi connectivity index (χ2n) is 4.99. The standard InChI is InChI=1S/C12H23NO5/c1-8(2)6-17-11(14)5-10(13-16)12(15)18-7-9(3)4/h8-10,13,16H,5-7H2,1-4H3. The Morgan fingerprint density at radius 2 is 1.56 bits per heavy atom. The van der Waals surface area contributed by atoms with Gasteiger partial charge in [0.2, 0.25) is 0 Å². The molecule has 2 N–H and O–H groups in total. The summed E-state index contributed by atoms with van der Waals surface area (Å²) in [6.45, 7) is 8.14. The summed E-state index contributed by atoms with van der Waals surface area (Å²) in [6.07, 6.45) is -0.250. The predicted molar refractivity (Wildman–Crippen MR) is 64.9 cm³/mol. The third-order valence-corrected chi connectivity index (χ3v) is 1.95. The monoisotopic (exact) mass is 261 g/mol. The molecule has 106 valence electrons. The van der Waals surface area contributed by atoms with Crippen molar-refractivity contribution in [2.75, 3.05) is 13.2 Å². The first-order valence-corrected chi connectivity index (χ1v) is 6.08. The number of nitrogens with one attached hydrogen (secondary N) is 1.